The Labute approximate surface area is 455 Å². The molecule has 11 aromatic carbocycles. The highest BCUT2D eigenvalue weighted by molar-refractivity contribution is 6.11. The molecule has 14 rings (SSSR count). The van der Waals surface area contributed by atoms with E-state index in [9.17, 15) is 0 Å². The third-order valence-corrected chi connectivity index (χ3v) is 15.8. The molecule has 1 aliphatic carbocycles. The number of hydrogen-bond acceptors (Lipinski definition) is 4. The fraction of sp³-hybridized carbons (Fsp3) is 0.0685. The van der Waals surface area contributed by atoms with Gasteiger partial charge in [0.2, 0.25) is 0 Å². The zero-order valence-corrected chi connectivity index (χ0v) is 43.6. The lowest BCUT2D eigenvalue weighted by atomic mass is 9.89. The van der Waals surface area contributed by atoms with Gasteiger partial charge in [0.25, 0.3) is 0 Å². The lowest BCUT2D eigenvalue weighted by Gasteiger charge is -2.26. The Morgan fingerprint density at radius 3 is 1.33 bits per heavy atom. The third-order valence-electron chi connectivity index (χ3n) is 15.8. The standard InChI is InChI=1S/C73H55N5/c1-3-49-29-41-61-63(45-49)64-47-59(39-42-62(64)71(61)51-19-9-5-10-20-51)76(54-21-11-6-12-22-54)57-35-31-52(32-36-57)72-73(75-68-28-18-17-27-67(68)74-72)53-33-37-58(38-34-53)77(55-23-13-7-14-24-55)60-40-44-70-66(48-60)65-46-50(4-2)30-43-69(65)78(70)56-25-15-8-16-26-56/h5-48,71H,3-4H2,1-2H3. The first-order valence-corrected chi connectivity index (χ1v) is 27.2. The van der Waals surface area contributed by atoms with Gasteiger partial charge in [-0.05, 0) is 167 Å². The van der Waals surface area contributed by atoms with Gasteiger partial charge in [-0.25, -0.2) is 9.97 Å². The van der Waals surface area contributed by atoms with E-state index in [0.29, 0.717) is 0 Å². The van der Waals surface area contributed by atoms with Gasteiger partial charge in [0, 0.05) is 67.6 Å². The highest BCUT2D eigenvalue weighted by Crippen LogP contribution is 2.51. The molecular weight excluding hydrogens is 947 g/mol. The second kappa shape index (κ2) is 19.7. The van der Waals surface area contributed by atoms with Gasteiger partial charge in [-0.2, -0.15) is 0 Å². The monoisotopic (exact) mass is 1000 g/mol. The molecule has 0 N–H and O–H groups in total. The summed E-state index contributed by atoms with van der Waals surface area (Å²) in [5, 5.41) is 2.47. The number of benzene rings is 11. The largest absolute Gasteiger partial charge is 0.310 e. The molecule has 0 bridgehead atoms. The first-order valence-electron chi connectivity index (χ1n) is 27.2. The molecule has 1 aliphatic rings. The first kappa shape index (κ1) is 46.7. The van der Waals surface area contributed by atoms with Gasteiger partial charge in [-0.15, -0.1) is 0 Å². The smallest absolute Gasteiger partial charge is 0.0973 e. The number of aryl methyl sites for hydroxylation is 2. The van der Waals surface area contributed by atoms with Crippen molar-refractivity contribution in [2.45, 2.75) is 32.6 Å². The van der Waals surface area contributed by atoms with Crippen LogP contribution in [0, 0.1) is 0 Å². The molecule has 372 valence electrons. The van der Waals surface area contributed by atoms with Crippen molar-refractivity contribution < 1.29 is 0 Å². The number of para-hydroxylation sites is 5. The second-order valence-electron chi connectivity index (χ2n) is 20.3. The first-order chi connectivity index (χ1) is 38.6. The van der Waals surface area contributed by atoms with Gasteiger partial charge in [0.1, 0.15) is 0 Å². The SMILES string of the molecule is CCc1ccc2c(c1)-c1cc(N(c3ccccc3)c3ccc(-c4nc5ccccc5nc4-c4ccc(N(c5ccccc5)c5ccc6c(c5)c5cc(CC)ccc5n6-c5ccccc5)cc4)cc3)ccc1C2c1ccccc1. The van der Waals surface area contributed by atoms with Crippen LogP contribution in [0.5, 0.6) is 0 Å². The van der Waals surface area contributed by atoms with Gasteiger partial charge in [-0.3, -0.25) is 0 Å². The van der Waals surface area contributed by atoms with Gasteiger partial charge in [0.15, 0.2) is 0 Å². The predicted molar refractivity (Wildman–Crippen MR) is 326 cm³/mol. The Balaban J connectivity index is 0.848. The minimum atomic E-state index is 0.182. The molecule has 13 aromatic rings. The fourth-order valence-corrected chi connectivity index (χ4v) is 11.9. The van der Waals surface area contributed by atoms with E-state index in [0.717, 1.165) is 86.2 Å². The van der Waals surface area contributed by atoms with E-state index < -0.39 is 0 Å². The van der Waals surface area contributed by atoms with Crippen molar-refractivity contribution in [3.05, 3.63) is 295 Å². The maximum Gasteiger partial charge on any atom is 0.0973 e. The Hall–Kier alpha value is -9.84. The van der Waals surface area contributed by atoms with Crippen LogP contribution in [0.1, 0.15) is 47.6 Å². The highest BCUT2D eigenvalue weighted by Gasteiger charge is 2.31. The van der Waals surface area contributed by atoms with Crippen molar-refractivity contribution >= 4 is 67.0 Å². The summed E-state index contributed by atoms with van der Waals surface area (Å²) >= 11 is 0. The molecule has 0 saturated carbocycles. The summed E-state index contributed by atoms with van der Waals surface area (Å²) in [5.41, 5.74) is 24.6. The van der Waals surface area contributed by atoms with Crippen LogP contribution in [0.2, 0.25) is 0 Å². The van der Waals surface area contributed by atoms with E-state index in [1.165, 1.54) is 60.8 Å². The maximum absolute atomic E-state index is 5.37. The molecule has 2 heterocycles. The summed E-state index contributed by atoms with van der Waals surface area (Å²) in [7, 11) is 0. The maximum atomic E-state index is 5.37. The van der Waals surface area contributed by atoms with Crippen LogP contribution >= 0.6 is 0 Å². The van der Waals surface area contributed by atoms with Crippen LogP contribution in [0.25, 0.3) is 72.2 Å². The lowest BCUT2D eigenvalue weighted by Crippen LogP contribution is -2.10. The number of fused-ring (bicyclic) bond motifs is 7. The quantitative estimate of drug-likeness (QED) is 0.122. The van der Waals surface area contributed by atoms with Crippen LogP contribution in [0.3, 0.4) is 0 Å². The summed E-state index contributed by atoms with van der Waals surface area (Å²) in [6, 6.07) is 96.8. The highest BCUT2D eigenvalue weighted by atomic mass is 15.1. The lowest BCUT2D eigenvalue weighted by molar-refractivity contribution is 1.01. The van der Waals surface area contributed by atoms with Crippen LogP contribution in [-0.2, 0) is 12.8 Å². The Bertz CT molecular complexity index is 4320. The minimum Gasteiger partial charge on any atom is -0.310 e. The molecule has 0 radical (unpaired) electrons. The number of rotatable bonds is 12. The third kappa shape index (κ3) is 8.19. The molecule has 0 spiro atoms. The molecule has 1 unspecified atom stereocenters. The van der Waals surface area contributed by atoms with Crippen LogP contribution in [0.15, 0.2) is 267 Å². The van der Waals surface area contributed by atoms with E-state index in [1.807, 2.05) is 12.1 Å². The minimum absolute atomic E-state index is 0.182. The Kier molecular flexibility index (Phi) is 11.8. The van der Waals surface area contributed by atoms with E-state index in [4.69, 9.17) is 9.97 Å². The average Bonchev–Trinajstić information content (AvgIpc) is 4.25. The van der Waals surface area contributed by atoms with Crippen LogP contribution < -0.4 is 9.80 Å². The molecule has 0 saturated heterocycles. The number of aromatic nitrogens is 3. The number of hydrogen-bond donors (Lipinski definition) is 0. The van der Waals surface area contributed by atoms with E-state index in [2.05, 4.69) is 283 Å². The molecule has 0 fully saturated rings. The van der Waals surface area contributed by atoms with Crippen molar-refractivity contribution in [2.24, 2.45) is 0 Å². The predicted octanol–water partition coefficient (Wildman–Crippen LogP) is 19.3. The van der Waals surface area contributed by atoms with Gasteiger partial charge < -0.3 is 14.4 Å². The molecule has 0 aliphatic heterocycles. The second-order valence-corrected chi connectivity index (χ2v) is 20.3. The molecule has 5 nitrogen and oxygen atoms in total. The van der Waals surface area contributed by atoms with Crippen molar-refractivity contribution in [1.29, 1.82) is 0 Å². The van der Waals surface area contributed by atoms with E-state index in [1.54, 1.807) is 0 Å². The Morgan fingerprint density at radius 1 is 0.359 bits per heavy atom. The summed E-state index contributed by atoms with van der Waals surface area (Å²) in [5.74, 6) is 0.182. The van der Waals surface area contributed by atoms with Gasteiger partial charge >= 0.3 is 0 Å². The number of nitrogens with zero attached hydrogens (tertiary/aromatic N) is 5. The van der Waals surface area contributed by atoms with Gasteiger partial charge in [0.05, 0.1) is 33.5 Å². The molecule has 78 heavy (non-hydrogen) atoms. The van der Waals surface area contributed by atoms with Crippen LogP contribution in [0.4, 0.5) is 34.1 Å². The summed E-state index contributed by atoms with van der Waals surface area (Å²) in [6.07, 6.45) is 1.96. The summed E-state index contributed by atoms with van der Waals surface area (Å²) in [6.45, 7) is 4.46. The van der Waals surface area contributed by atoms with Crippen LogP contribution in [-0.4, -0.2) is 14.5 Å². The Morgan fingerprint density at radius 2 is 0.769 bits per heavy atom. The normalized spacial score (nSPS) is 12.7. The summed E-state index contributed by atoms with van der Waals surface area (Å²) < 4.78 is 2.39. The molecule has 2 aromatic heterocycles. The molecule has 1 atom stereocenters. The van der Waals surface area contributed by atoms with Crippen molar-refractivity contribution in [1.82, 2.24) is 14.5 Å². The van der Waals surface area contributed by atoms with Crippen molar-refractivity contribution in [3.63, 3.8) is 0 Å². The summed E-state index contributed by atoms with van der Waals surface area (Å²) in [4.78, 5) is 15.5. The van der Waals surface area contributed by atoms with E-state index in [-0.39, 0.29) is 5.92 Å². The van der Waals surface area contributed by atoms with Gasteiger partial charge in [-0.1, -0.05) is 166 Å². The average molecular weight is 1000 g/mol. The molecule has 5 heteroatoms. The zero-order valence-electron chi connectivity index (χ0n) is 43.6. The number of anilines is 6. The fourth-order valence-electron chi connectivity index (χ4n) is 11.9. The van der Waals surface area contributed by atoms with E-state index >= 15 is 0 Å². The van der Waals surface area contributed by atoms with Crippen molar-refractivity contribution in [3.8, 4) is 39.3 Å². The van der Waals surface area contributed by atoms with Crippen molar-refractivity contribution in [2.75, 3.05) is 9.80 Å². The topological polar surface area (TPSA) is 37.2 Å². The molecular formula is C73H55N5. The molecule has 0 amide bonds. The zero-order chi connectivity index (χ0) is 52.1.